The largest absolute Gasteiger partial charge is 0.618 e. The molecule has 1 aromatic rings. The number of rotatable bonds is 7. The first kappa shape index (κ1) is 17.6. The summed E-state index contributed by atoms with van der Waals surface area (Å²) in [6.07, 6.45) is 1.36. The standard InChI is InChI=1S/C17H23N4O6S/c1-12(17(18)24)7-8-15(23)19-13-5-4-9-20(11-14(13)22)28(26,27)16-6-2-3-10-21(16)25/h2-3,6,8,10,12-13H,4-5,7,9,11H2,1H3,(H2,18,24)(H,19,23)/t12?,13-/m0/s1/i11D2,13D. The zero-order chi connectivity index (χ0) is 23.6. The van der Waals surface area contributed by atoms with Gasteiger partial charge in [-0.3, -0.25) is 14.4 Å². The van der Waals surface area contributed by atoms with E-state index in [9.17, 15) is 28.0 Å². The van der Waals surface area contributed by atoms with Crippen molar-refractivity contribution >= 4 is 27.6 Å². The minimum absolute atomic E-state index is 0.0331. The molecule has 1 aromatic heterocycles. The predicted molar refractivity (Wildman–Crippen MR) is 97.6 cm³/mol. The number of amides is 2. The lowest BCUT2D eigenvalue weighted by Crippen LogP contribution is -2.46. The Labute approximate surface area is 167 Å². The minimum Gasteiger partial charge on any atom is -0.618 e. The molecule has 0 aliphatic carbocycles. The molecule has 1 aliphatic heterocycles. The quantitative estimate of drug-likeness (QED) is 0.425. The summed E-state index contributed by atoms with van der Waals surface area (Å²) in [6.45, 7) is -2.23. The Morgan fingerprint density at radius 2 is 2.29 bits per heavy atom. The second-order valence-corrected chi connectivity index (χ2v) is 8.01. The summed E-state index contributed by atoms with van der Waals surface area (Å²) < 4.78 is 50.7. The fraction of sp³-hybridized carbons (Fsp3) is 0.471. The molecule has 0 aromatic carbocycles. The Bertz CT molecular complexity index is 990. The van der Waals surface area contributed by atoms with Crippen LogP contribution in [0.15, 0.2) is 29.4 Å². The van der Waals surface area contributed by atoms with Gasteiger partial charge in [0.05, 0.1) is 23.0 Å². The minimum atomic E-state index is -4.73. The van der Waals surface area contributed by atoms with E-state index in [1.54, 1.807) is 0 Å². The molecular formula is C17H23N4O6S. The molecular weight excluding hydrogens is 388 g/mol. The second-order valence-electron chi connectivity index (χ2n) is 6.20. The number of aromatic nitrogens is 1. The molecule has 10 nitrogen and oxygen atoms in total. The van der Waals surface area contributed by atoms with Gasteiger partial charge >= 0.3 is 15.0 Å². The van der Waals surface area contributed by atoms with Crippen LogP contribution < -0.4 is 15.8 Å². The van der Waals surface area contributed by atoms with E-state index in [0.717, 1.165) is 18.7 Å². The van der Waals surface area contributed by atoms with Gasteiger partial charge in [0.2, 0.25) is 11.8 Å². The van der Waals surface area contributed by atoms with Gasteiger partial charge in [0.1, 0.15) is 0 Å². The van der Waals surface area contributed by atoms with E-state index < -0.39 is 57.6 Å². The molecule has 11 heteroatoms. The van der Waals surface area contributed by atoms with Crippen molar-refractivity contribution in [3.8, 4) is 0 Å². The average Bonchev–Trinajstić information content (AvgIpc) is 2.76. The molecule has 3 N–H and O–H groups in total. The van der Waals surface area contributed by atoms with E-state index >= 15 is 0 Å². The Kier molecular flexibility index (Phi) is 5.71. The number of ketones is 1. The fourth-order valence-corrected chi connectivity index (χ4v) is 3.71. The van der Waals surface area contributed by atoms with Crippen molar-refractivity contribution in [3.05, 3.63) is 36.0 Å². The molecule has 0 bridgehead atoms. The van der Waals surface area contributed by atoms with Crippen LogP contribution in [0.25, 0.3) is 0 Å². The van der Waals surface area contributed by atoms with Crippen LogP contribution in [-0.2, 0) is 24.4 Å². The summed E-state index contributed by atoms with van der Waals surface area (Å²) in [7, 11) is -4.73. The highest BCUT2D eigenvalue weighted by Gasteiger charge is 2.36. The molecule has 1 fully saturated rings. The Balaban J connectivity index is 2.29. The molecule has 2 atom stereocenters. The maximum atomic E-state index is 12.9. The Morgan fingerprint density at radius 3 is 2.93 bits per heavy atom. The molecule has 2 heterocycles. The van der Waals surface area contributed by atoms with E-state index in [4.69, 9.17) is 9.85 Å². The van der Waals surface area contributed by atoms with Crippen LogP contribution in [0.2, 0.25) is 0 Å². The van der Waals surface area contributed by atoms with E-state index in [2.05, 4.69) is 5.32 Å². The summed E-state index contributed by atoms with van der Waals surface area (Å²) in [4.78, 5) is 36.1. The molecule has 153 valence electrons. The molecule has 1 unspecified atom stereocenters. The lowest BCUT2D eigenvalue weighted by molar-refractivity contribution is -0.646. The topological polar surface area (TPSA) is 154 Å². The summed E-state index contributed by atoms with van der Waals surface area (Å²) in [5.74, 6) is -3.72. The van der Waals surface area contributed by atoms with Crippen LogP contribution in [0.5, 0.6) is 0 Å². The molecule has 28 heavy (non-hydrogen) atoms. The summed E-state index contributed by atoms with van der Waals surface area (Å²) in [6, 6.07) is 1.07. The van der Waals surface area contributed by atoms with Gasteiger partial charge in [0, 0.05) is 24.6 Å². The number of nitrogens with zero attached hydrogens (tertiary/aromatic N) is 2. The highest BCUT2D eigenvalue weighted by molar-refractivity contribution is 7.89. The second kappa shape index (κ2) is 9.11. The summed E-state index contributed by atoms with van der Waals surface area (Å²) in [5, 5.41) is 13.2. The van der Waals surface area contributed by atoms with Gasteiger partial charge in [-0.15, -0.1) is 0 Å². The van der Waals surface area contributed by atoms with Crippen molar-refractivity contribution in [1.82, 2.24) is 9.62 Å². The zero-order valence-electron chi connectivity index (χ0n) is 18.1. The molecule has 0 saturated carbocycles. The first-order chi connectivity index (χ1) is 14.2. The van der Waals surface area contributed by atoms with E-state index in [1.807, 2.05) is 0 Å². The van der Waals surface area contributed by atoms with Crippen molar-refractivity contribution in [2.75, 3.05) is 13.0 Å². The Hall–Kier alpha value is -2.53. The number of nitrogens with two attached hydrogens (primary N) is 1. The number of Topliss-reactive ketones (excluding diaryl/α,β-unsaturated/α-hetero) is 1. The van der Waals surface area contributed by atoms with Crippen molar-refractivity contribution < 1.29 is 31.6 Å². The maximum absolute atomic E-state index is 12.9. The SMILES string of the molecule is [2H]C1([2H])C(=O)[C@@]([2H])(NC(=O)[CH]CC(C)C(N)=O)CCCN1S(=O)(=O)c1cccc[n+]1[O-]. The number of hydrogen-bond acceptors (Lipinski definition) is 6. The first-order valence-electron chi connectivity index (χ1n) is 9.94. The Morgan fingerprint density at radius 1 is 1.57 bits per heavy atom. The number of primary amides is 1. The van der Waals surface area contributed by atoms with Crippen molar-refractivity contribution in [3.63, 3.8) is 0 Å². The van der Waals surface area contributed by atoms with E-state index in [0.29, 0.717) is 0 Å². The van der Waals surface area contributed by atoms with Crippen LogP contribution in [0.4, 0.5) is 0 Å². The third-order valence-corrected chi connectivity index (χ3v) is 5.75. The smallest absolute Gasteiger partial charge is 0.323 e. The van der Waals surface area contributed by atoms with Gasteiger partial charge in [0.15, 0.2) is 12.0 Å². The third kappa shape index (κ3) is 5.26. The average molecular weight is 414 g/mol. The number of carbonyl (C=O) groups excluding carboxylic acids is 3. The van der Waals surface area contributed by atoms with Crippen LogP contribution in [0, 0.1) is 17.5 Å². The highest BCUT2D eigenvalue weighted by Crippen LogP contribution is 2.17. The molecule has 2 rings (SSSR count). The summed E-state index contributed by atoms with van der Waals surface area (Å²) in [5.41, 5.74) is 5.11. The van der Waals surface area contributed by atoms with Gasteiger partial charge in [-0.1, -0.05) is 6.92 Å². The van der Waals surface area contributed by atoms with E-state index in [-0.39, 0.29) is 28.3 Å². The van der Waals surface area contributed by atoms with Crippen molar-refractivity contribution in [1.29, 1.82) is 0 Å². The lowest BCUT2D eigenvalue weighted by Gasteiger charge is -2.19. The molecule has 1 aliphatic rings. The number of nitrogens with one attached hydrogen (secondary N) is 1. The normalized spacial score (nSPS) is 25.6. The number of sulfonamides is 1. The molecule has 0 spiro atoms. The van der Waals surface area contributed by atoms with Crippen LogP contribution in [-0.4, -0.2) is 49.4 Å². The number of pyridine rings is 1. The highest BCUT2D eigenvalue weighted by atomic mass is 32.2. The maximum Gasteiger partial charge on any atom is 0.323 e. The third-order valence-electron chi connectivity index (χ3n) is 4.05. The van der Waals surface area contributed by atoms with Gasteiger partial charge in [-0.25, -0.2) is 8.42 Å². The predicted octanol–water partition coefficient (Wildman–Crippen LogP) is -1.13. The zero-order valence-corrected chi connectivity index (χ0v) is 15.9. The van der Waals surface area contributed by atoms with Gasteiger partial charge in [-0.2, -0.15) is 9.04 Å². The van der Waals surface area contributed by atoms with Gasteiger partial charge < -0.3 is 16.3 Å². The van der Waals surface area contributed by atoms with Crippen molar-refractivity contribution in [2.45, 2.75) is 37.2 Å². The van der Waals surface area contributed by atoms with Crippen LogP contribution in [0.1, 0.15) is 30.3 Å². The number of carbonyl (C=O) groups is 3. The van der Waals surface area contributed by atoms with Gasteiger partial charge in [-0.05, 0) is 25.3 Å². The number of hydrogen-bond donors (Lipinski definition) is 2. The monoisotopic (exact) mass is 414 g/mol. The molecule has 1 radical (unpaired) electrons. The lowest BCUT2D eigenvalue weighted by atomic mass is 10.0. The molecule has 1 saturated heterocycles. The fourth-order valence-electron chi connectivity index (χ4n) is 2.37. The first-order valence-corrected chi connectivity index (χ1v) is 9.88. The van der Waals surface area contributed by atoms with Crippen molar-refractivity contribution in [2.24, 2.45) is 11.7 Å². The summed E-state index contributed by atoms with van der Waals surface area (Å²) >= 11 is 0. The van der Waals surface area contributed by atoms with E-state index in [1.165, 1.54) is 19.1 Å². The van der Waals surface area contributed by atoms with Crippen LogP contribution >= 0.6 is 0 Å². The molecule has 2 amide bonds. The van der Waals surface area contributed by atoms with Gasteiger partial charge in [0.25, 0.3) is 0 Å². The van der Waals surface area contributed by atoms with Crippen LogP contribution in [0.3, 0.4) is 0 Å².